The topological polar surface area (TPSA) is 26.3 Å². The summed E-state index contributed by atoms with van der Waals surface area (Å²) in [5.74, 6) is -0.398. The summed E-state index contributed by atoms with van der Waals surface area (Å²) >= 11 is 0. The molecule has 2 aromatic rings. The Morgan fingerprint density at radius 1 is 1.06 bits per heavy atom. The highest BCUT2D eigenvalue weighted by Crippen LogP contribution is 2.26. The van der Waals surface area contributed by atoms with E-state index < -0.39 is 5.82 Å². The number of rotatable bonds is 3. The molecule has 0 aliphatic heterocycles. The fourth-order valence-corrected chi connectivity index (χ4v) is 1.89. The molecule has 0 fully saturated rings. The van der Waals surface area contributed by atoms with Crippen molar-refractivity contribution in [3.05, 3.63) is 65.0 Å². The highest BCUT2D eigenvalue weighted by Gasteiger charge is 2.18. The van der Waals surface area contributed by atoms with E-state index in [1.807, 2.05) is 13.0 Å². The molecule has 0 N–H and O–H groups in total. The predicted octanol–water partition coefficient (Wildman–Crippen LogP) is 3.37. The number of carbonyl (C=O) groups is 1. The molecule has 0 saturated heterocycles. The van der Waals surface area contributed by atoms with Crippen LogP contribution < -0.4 is 4.74 Å². The molecule has 0 aliphatic carbocycles. The van der Waals surface area contributed by atoms with Crippen molar-refractivity contribution in [2.24, 2.45) is 0 Å². The molecule has 0 saturated carbocycles. The van der Waals surface area contributed by atoms with Crippen LogP contribution in [0.15, 0.2) is 42.5 Å². The van der Waals surface area contributed by atoms with Gasteiger partial charge >= 0.3 is 0 Å². The third-order valence-corrected chi connectivity index (χ3v) is 2.78. The second-order valence-corrected chi connectivity index (χ2v) is 3.96. The van der Waals surface area contributed by atoms with Crippen molar-refractivity contribution in [3.8, 4) is 5.75 Å². The van der Waals surface area contributed by atoms with Crippen LogP contribution >= 0.6 is 0 Å². The van der Waals surface area contributed by atoms with E-state index in [1.165, 1.54) is 19.2 Å². The molecule has 0 atom stereocenters. The van der Waals surface area contributed by atoms with Gasteiger partial charge in [0.05, 0.1) is 18.2 Å². The maximum Gasteiger partial charge on any atom is 0.199 e. The first-order valence-electron chi connectivity index (χ1n) is 5.58. The summed E-state index contributed by atoms with van der Waals surface area (Å²) in [6.07, 6.45) is 0. The highest BCUT2D eigenvalue weighted by atomic mass is 19.1. The largest absolute Gasteiger partial charge is 0.496 e. The molecule has 0 heterocycles. The third kappa shape index (κ3) is 2.12. The zero-order valence-corrected chi connectivity index (χ0v) is 10.2. The van der Waals surface area contributed by atoms with E-state index >= 15 is 0 Å². The number of hydrogen-bond acceptors (Lipinski definition) is 2. The monoisotopic (exact) mass is 244 g/mol. The lowest BCUT2D eigenvalue weighted by Crippen LogP contribution is -2.07. The SMILES string of the molecule is COc1c(C)cccc1C(=O)c1ccccc1F. The first-order chi connectivity index (χ1) is 8.65. The maximum absolute atomic E-state index is 13.6. The van der Waals surface area contributed by atoms with Gasteiger partial charge in [0.25, 0.3) is 0 Å². The molecule has 3 heteroatoms. The molecule has 0 amide bonds. The van der Waals surface area contributed by atoms with Gasteiger partial charge in [0.1, 0.15) is 11.6 Å². The molecule has 0 radical (unpaired) electrons. The lowest BCUT2D eigenvalue weighted by Gasteiger charge is -2.10. The fourth-order valence-electron chi connectivity index (χ4n) is 1.89. The number of halogens is 1. The zero-order valence-electron chi connectivity index (χ0n) is 10.2. The number of benzene rings is 2. The molecule has 92 valence electrons. The number of carbonyl (C=O) groups excluding carboxylic acids is 1. The summed E-state index contributed by atoms with van der Waals surface area (Å²) in [5, 5.41) is 0. The van der Waals surface area contributed by atoms with Gasteiger partial charge in [0.15, 0.2) is 5.78 Å². The van der Waals surface area contributed by atoms with Crippen molar-refractivity contribution in [2.75, 3.05) is 7.11 Å². The summed E-state index contributed by atoms with van der Waals surface area (Å²) < 4.78 is 18.8. The van der Waals surface area contributed by atoms with Crippen molar-refractivity contribution in [3.63, 3.8) is 0 Å². The van der Waals surface area contributed by atoms with Gasteiger partial charge in [-0.05, 0) is 30.7 Å². The number of methoxy groups -OCH3 is 1. The Bertz CT molecular complexity index is 591. The molecular weight excluding hydrogens is 231 g/mol. The normalized spacial score (nSPS) is 10.2. The molecule has 2 aromatic carbocycles. The first-order valence-corrected chi connectivity index (χ1v) is 5.58. The first kappa shape index (κ1) is 12.3. The Hall–Kier alpha value is -2.16. The molecule has 0 spiro atoms. The van der Waals surface area contributed by atoms with Gasteiger partial charge in [-0.25, -0.2) is 4.39 Å². The summed E-state index contributed by atoms with van der Waals surface area (Å²) in [6.45, 7) is 1.84. The summed E-state index contributed by atoms with van der Waals surface area (Å²) in [7, 11) is 1.50. The zero-order chi connectivity index (χ0) is 13.1. The molecular formula is C15H13FO2. The maximum atomic E-state index is 13.6. The lowest BCUT2D eigenvalue weighted by atomic mass is 10.00. The standard InChI is InChI=1S/C15H13FO2/c1-10-6-5-8-12(15(10)18-2)14(17)11-7-3-4-9-13(11)16/h3-9H,1-2H3. The molecule has 2 nitrogen and oxygen atoms in total. The van der Waals surface area contributed by atoms with Crippen molar-refractivity contribution >= 4 is 5.78 Å². The van der Waals surface area contributed by atoms with E-state index in [0.29, 0.717) is 11.3 Å². The molecule has 2 rings (SSSR count). The summed E-state index contributed by atoms with van der Waals surface area (Å²) in [4.78, 5) is 12.3. The molecule has 0 aromatic heterocycles. The minimum absolute atomic E-state index is 0.0569. The second-order valence-electron chi connectivity index (χ2n) is 3.96. The van der Waals surface area contributed by atoms with Crippen molar-refractivity contribution in [1.29, 1.82) is 0 Å². The van der Waals surface area contributed by atoms with Crippen LogP contribution in [0.2, 0.25) is 0 Å². The van der Waals surface area contributed by atoms with Crippen molar-refractivity contribution in [2.45, 2.75) is 6.92 Å². The number of para-hydroxylation sites is 1. The van der Waals surface area contributed by atoms with Gasteiger partial charge in [-0.2, -0.15) is 0 Å². The average Bonchev–Trinajstić information content (AvgIpc) is 2.38. The predicted molar refractivity (Wildman–Crippen MR) is 67.6 cm³/mol. The number of ether oxygens (including phenoxy) is 1. The number of hydrogen-bond donors (Lipinski definition) is 0. The third-order valence-electron chi connectivity index (χ3n) is 2.78. The van der Waals surface area contributed by atoms with Crippen LogP contribution in [0.25, 0.3) is 0 Å². The van der Waals surface area contributed by atoms with Crippen LogP contribution in [0.5, 0.6) is 5.75 Å². The lowest BCUT2D eigenvalue weighted by molar-refractivity contribution is 0.103. The fraction of sp³-hybridized carbons (Fsp3) is 0.133. The van der Waals surface area contributed by atoms with Gasteiger partial charge in [-0.15, -0.1) is 0 Å². The molecule has 0 bridgehead atoms. The van der Waals surface area contributed by atoms with E-state index in [2.05, 4.69) is 0 Å². The quantitative estimate of drug-likeness (QED) is 0.774. The van der Waals surface area contributed by atoms with Gasteiger partial charge in [-0.1, -0.05) is 24.3 Å². The van der Waals surface area contributed by atoms with E-state index in [1.54, 1.807) is 24.3 Å². The number of aryl methyl sites for hydroxylation is 1. The minimum Gasteiger partial charge on any atom is -0.496 e. The molecule has 0 aliphatic rings. The summed E-state index contributed by atoms with van der Waals surface area (Å²) in [5.41, 5.74) is 1.28. The van der Waals surface area contributed by atoms with Crippen LogP contribution in [0, 0.1) is 12.7 Å². The van der Waals surface area contributed by atoms with E-state index in [4.69, 9.17) is 4.74 Å². The van der Waals surface area contributed by atoms with Gasteiger partial charge in [0.2, 0.25) is 0 Å². The average molecular weight is 244 g/mol. The Labute approximate surface area is 105 Å². The van der Waals surface area contributed by atoms with Crippen LogP contribution in [0.1, 0.15) is 21.5 Å². The Balaban J connectivity index is 2.54. The van der Waals surface area contributed by atoms with Gasteiger partial charge < -0.3 is 4.74 Å². The molecule has 18 heavy (non-hydrogen) atoms. The molecule has 0 unspecified atom stereocenters. The smallest absolute Gasteiger partial charge is 0.199 e. The van der Waals surface area contributed by atoms with E-state index in [0.717, 1.165) is 5.56 Å². The van der Waals surface area contributed by atoms with Crippen molar-refractivity contribution < 1.29 is 13.9 Å². The van der Waals surface area contributed by atoms with Crippen LogP contribution in [0.4, 0.5) is 4.39 Å². The van der Waals surface area contributed by atoms with Crippen LogP contribution in [-0.2, 0) is 0 Å². The second kappa shape index (κ2) is 5.00. The van der Waals surface area contributed by atoms with Gasteiger partial charge in [0, 0.05) is 0 Å². The highest BCUT2D eigenvalue weighted by molar-refractivity contribution is 6.11. The Morgan fingerprint density at radius 2 is 1.72 bits per heavy atom. The number of ketones is 1. The van der Waals surface area contributed by atoms with Crippen molar-refractivity contribution in [1.82, 2.24) is 0 Å². The Kier molecular flexibility index (Phi) is 3.42. The van der Waals surface area contributed by atoms with Crippen LogP contribution in [-0.4, -0.2) is 12.9 Å². The summed E-state index contributed by atoms with van der Waals surface area (Å²) in [6, 6.07) is 11.2. The van der Waals surface area contributed by atoms with Gasteiger partial charge in [-0.3, -0.25) is 4.79 Å². The van der Waals surface area contributed by atoms with E-state index in [9.17, 15) is 9.18 Å². The Morgan fingerprint density at radius 3 is 2.39 bits per heavy atom. The minimum atomic E-state index is -0.522. The van der Waals surface area contributed by atoms with E-state index in [-0.39, 0.29) is 11.3 Å². The van der Waals surface area contributed by atoms with Crippen LogP contribution in [0.3, 0.4) is 0 Å².